The van der Waals surface area contributed by atoms with Crippen LogP contribution in [0, 0.1) is 0 Å². The van der Waals surface area contributed by atoms with Crippen molar-refractivity contribution in [3.05, 3.63) is 93.9 Å². The smallest absolute Gasteiger partial charge is 0.352 e. The fourth-order valence-corrected chi connectivity index (χ4v) is 8.35. The molecule has 6 heterocycles. The van der Waals surface area contributed by atoms with Crippen LogP contribution in [0.25, 0.3) is 0 Å². The second kappa shape index (κ2) is 13.4. The maximum Gasteiger partial charge on any atom is 0.352 e. The highest BCUT2D eigenvalue weighted by atomic mass is 32.2. The molecule has 2 atom stereocenters. The number of anilines is 2. The SMILES string of the molecule is Nc1nc(/C(=N/O)C(=O)N[C@@H]2C(=O)N3C(C(=O)O)=C(/C=C4\CCN(Cc5cc[n+](CC(=O)N6CCc7ccccc76)cc5)C4=O)CS[C@H]23)cs1. The number of amides is 4. The van der Waals surface area contributed by atoms with Crippen LogP contribution in [0.3, 0.4) is 0 Å². The summed E-state index contributed by atoms with van der Waals surface area (Å²) >= 11 is 2.29. The Bertz CT molecular complexity index is 2030. The molecule has 4 aliphatic rings. The zero-order chi connectivity index (χ0) is 35.1. The van der Waals surface area contributed by atoms with Gasteiger partial charge in [0.25, 0.3) is 17.7 Å². The Morgan fingerprint density at radius 2 is 1.90 bits per heavy atom. The van der Waals surface area contributed by atoms with E-state index in [0.29, 0.717) is 37.2 Å². The summed E-state index contributed by atoms with van der Waals surface area (Å²) in [6.07, 6.45) is 6.43. The first-order valence-electron chi connectivity index (χ1n) is 15.6. The first-order valence-corrected chi connectivity index (χ1v) is 17.6. The minimum atomic E-state index is -1.33. The van der Waals surface area contributed by atoms with Crippen molar-refractivity contribution < 1.29 is 38.9 Å². The molecule has 17 heteroatoms. The number of aromatic nitrogens is 2. The number of fused-ring (bicyclic) bond motifs is 2. The lowest BCUT2D eigenvalue weighted by molar-refractivity contribution is -0.684. The van der Waals surface area contributed by atoms with E-state index >= 15 is 0 Å². The lowest BCUT2D eigenvalue weighted by Crippen LogP contribution is -2.71. The Balaban J connectivity index is 0.984. The summed E-state index contributed by atoms with van der Waals surface area (Å²) in [5, 5.41) is 25.9. The van der Waals surface area contributed by atoms with Crippen molar-refractivity contribution in [2.24, 2.45) is 5.16 Å². The molecule has 4 aliphatic heterocycles. The number of pyridine rings is 1. The Labute approximate surface area is 293 Å². The summed E-state index contributed by atoms with van der Waals surface area (Å²) in [5.74, 6) is -2.88. The maximum atomic E-state index is 13.4. The maximum absolute atomic E-state index is 13.4. The average molecular weight is 716 g/mol. The van der Waals surface area contributed by atoms with Gasteiger partial charge < -0.3 is 31.2 Å². The van der Waals surface area contributed by atoms with Crippen molar-refractivity contribution >= 4 is 69.2 Å². The number of nitrogens with one attached hydrogen (secondary N) is 1. The topological polar surface area (TPSA) is 203 Å². The molecule has 0 bridgehead atoms. The second-order valence-corrected chi connectivity index (χ2v) is 14.0. The third-order valence-corrected chi connectivity index (χ3v) is 10.9. The largest absolute Gasteiger partial charge is 0.477 e. The van der Waals surface area contributed by atoms with Crippen molar-refractivity contribution in [2.75, 3.05) is 29.5 Å². The van der Waals surface area contributed by atoms with Gasteiger partial charge in [-0.25, -0.2) is 9.78 Å². The van der Waals surface area contributed by atoms with Gasteiger partial charge in [-0.3, -0.25) is 24.1 Å². The van der Waals surface area contributed by atoms with Crippen LogP contribution in [-0.4, -0.2) is 90.7 Å². The van der Waals surface area contributed by atoms with Gasteiger partial charge in [0.15, 0.2) is 23.2 Å². The molecular weight excluding hydrogens is 685 g/mol. The number of carboxylic acids is 1. The van der Waals surface area contributed by atoms with Crippen molar-refractivity contribution in [1.29, 1.82) is 0 Å². The lowest BCUT2D eigenvalue weighted by atomic mass is 10.0. The molecule has 2 aromatic heterocycles. The summed E-state index contributed by atoms with van der Waals surface area (Å²) in [4.78, 5) is 73.2. The van der Waals surface area contributed by atoms with Crippen LogP contribution in [0.2, 0.25) is 0 Å². The molecule has 256 valence electrons. The number of thiazole rings is 1. The molecule has 0 radical (unpaired) electrons. The van der Waals surface area contributed by atoms with E-state index < -0.39 is 34.9 Å². The third kappa shape index (κ3) is 6.09. The number of nitrogens with two attached hydrogens (primary N) is 1. The first kappa shape index (κ1) is 33.0. The highest BCUT2D eigenvalue weighted by molar-refractivity contribution is 8.00. The number of carboxylic acid groups (broad SMARTS) is 1. The van der Waals surface area contributed by atoms with E-state index in [9.17, 15) is 34.3 Å². The van der Waals surface area contributed by atoms with Crippen LogP contribution in [0.1, 0.15) is 23.2 Å². The molecule has 2 saturated heterocycles. The number of thioether (sulfide) groups is 1. The van der Waals surface area contributed by atoms with Gasteiger partial charge in [0, 0.05) is 54.2 Å². The molecule has 0 spiro atoms. The number of carbonyl (C=O) groups excluding carboxylic acids is 4. The summed E-state index contributed by atoms with van der Waals surface area (Å²) in [6.45, 7) is 1.63. The number of nitrogen functional groups attached to an aromatic ring is 1. The monoisotopic (exact) mass is 715 g/mol. The molecule has 0 unspecified atom stereocenters. The number of allylic oxidation sites excluding steroid dienone is 1. The zero-order valence-corrected chi connectivity index (χ0v) is 28.0. The van der Waals surface area contributed by atoms with Gasteiger partial charge in [0.05, 0.1) is 0 Å². The Morgan fingerprint density at radius 3 is 2.62 bits per heavy atom. The fraction of sp³-hybridized carbons (Fsp3) is 0.273. The van der Waals surface area contributed by atoms with E-state index in [1.54, 1.807) is 15.5 Å². The number of nitrogens with zero attached hydrogens (tertiary/aromatic N) is 6. The Morgan fingerprint density at radius 1 is 1.12 bits per heavy atom. The highest BCUT2D eigenvalue weighted by Gasteiger charge is 2.54. The minimum Gasteiger partial charge on any atom is -0.477 e. The number of benzene rings is 1. The summed E-state index contributed by atoms with van der Waals surface area (Å²) in [7, 11) is 0. The Hall–Kier alpha value is -5.55. The molecule has 3 aromatic rings. The van der Waals surface area contributed by atoms with Crippen LogP contribution in [0.4, 0.5) is 10.8 Å². The highest BCUT2D eigenvalue weighted by Crippen LogP contribution is 2.41. The number of likely N-dealkylation sites (tertiary alicyclic amines) is 1. The molecule has 2 fully saturated rings. The average Bonchev–Trinajstić information content (AvgIpc) is 3.83. The van der Waals surface area contributed by atoms with E-state index in [0.717, 1.165) is 33.9 Å². The van der Waals surface area contributed by atoms with E-state index in [4.69, 9.17) is 5.73 Å². The number of oxime groups is 1. The van der Waals surface area contributed by atoms with Gasteiger partial charge in [-0.05, 0) is 41.7 Å². The van der Waals surface area contributed by atoms with Crippen LogP contribution in [0.15, 0.2) is 82.2 Å². The summed E-state index contributed by atoms with van der Waals surface area (Å²) in [5.41, 5.74) is 8.72. The van der Waals surface area contributed by atoms with Crippen molar-refractivity contribution in [1.82, 2.24) is 20.1 Å². The quantitative estimate of drug-likeness (QED) is 0.0615. The third-order valence-electron chi connectivity index (χ3n) is 8.97. The van der Waals surface area contributed by atoms with Gasteiger partial charge in [0.1, 0.15) is 22.8 Å². The Kier molecular flexibility index (Phi) is 8.83. The second-order valence-electron chi connectivity index (χ2n) is 12.0. The molecular formula is C33H31N8O7S2+. The molecule has 7 rings (SSSR count). The number of β-lactam (4-membered cyclic amide) rings is 1. The normalized spacial score (nSPS) is 21.0. The predicted octanol–water partition coefficient (Wildman–Crippen LogP) is 0.878. The molecule has 5 N–H and O–H groups in total. The number of hydrogen-bond acceptors (Lipinski definition) is 11. The molecule has 1 aromatic carbocycles. The van der Waals surface area contributed by atoms with E-state index in [1.165, 1.54) is 22.7 Å². The lowest BCUT2D eigenvalue weighted by Gasteiger charge is -2.49. The number of para-hydroxylation sites is 1. The van der Waals surface area contributed by atoms with E-state index in [2.05, 4.69) is 15.5 Å². The number of carbonyl (C=O) groups is 5. The summed E-state index contributed by atoms with van der Waals surface area (Å²) in [6, 6.07) is 10.6. The molecule has 0 aliphatic carbocycles. The number of hydrogen-bond donors (Lipinski definition) is 4. The van der Waals surface area contributed by atoms with Crippen LogP contribution in [-0.2, 0) is 43.5 Å². The molecule has 15 nitrogen and oxygen atoms in total. The fourth-order valence-electron chi connectivity index (χ4n) is 6.49. The van der Waals surface area contributed by atoms with Gasteiger partial charge in [-0.15, -0.1) is 23.1 Å². The molecule has 50 heavy (non-hydrogen) atoms. The van der Waals surface area contributed by atoms with Gasteiger partial charge in [-0.2, -0.15) is 4.57 Å². The molecule has 4 amide bonds. The molecule has 0 saturated carbocycles. The predicted molar refractivity (Wildman–Crippen MR) is 182 cm³/mol. The number of rotatable bonds is 9. The van der Waals surface area contributed by atoms with Gasteiger partial charge in [0.2, 0.25) is 12.5 Å². The van der Waals surface area contributed by atoms with Crippen LogP contribution < -0.4 is 20.5 Å². The van der Waals surface area contributed by atoms with Crippen molar-refractivity contribution in [3.8, 4) is 0 Å². The van der Waals surface area contributed by atoms with Crippen molar-refractivity contribution in [2.45, 2.75) is 37.3 Å². The standard InChI is InChI=1S/C33H30N8O7S2/c34-33-35-22(17-50-33)25(37-48)28(43)36-26-30(45)41-27(32(46)47)21(16-49-31(26)41)13-20-7-11-39(29(20)44)14-18-5-9-38(10-6-18)15-24(42)40-12-8-19-3-1-2-4-23(19)40/h1-6,9-10,13,17,26,31H,7-8,11-12,14-16H2,(H4-,34,35,36,43,46,47,48)/p+1/b20-13+/t26-,31-/m1/s1. The summed E-state index contributed by atoms with van der Waals surface area (Å²) < 4.78 is 1.81. The van der Waals surface area contributed by atoms with E-state index in [1.807, 2.05) is 53.7 Å². The minimum absolute atomic E-state index is 0.00237. The number of aliphatic carboxylic acids is 1. The van der Waals surface area contributed by atoms with Crippen LogP contribution in [0.5, 0.6) is 0 Å². The van der Waals surface area contributed by atoms with E-state index in [-0.39, 0.29) is 40.6 Å². The first-order chi connectivity index (χ1) is 24.1. The van der Waals surface area contributed by atoms with Gasteiger partial charge >= 0.3 is 5.97 Å². The van der Waals surface area contributed by atoms with Crippen molar-refractivity contribution in [3.63, 3.8) is 0 Å². The zero-order valence-electron chi connectivity index (χ0n) is 26.4. The van der Waals surface area contributed by atoms with Gasteiger partial charge in [-0.1, -0.05) is 23.4 Å². The van der Waals surface area contributed by atoms with Crippen LogP contribution >= 0.6 is 23.1 Å².